The number of anilines is 1. The predicted octanol–water partition coefficient (Wildman–Crippen LogP) is 7.13. The van der Waals surface area contributed by atoms with Gasteiger partial charge in [-0.2, -0.15) is 5.10 Å². The Hall–Kier alpha value is -2.95. The van der Waals surface area contributed by atoms with E-state index in [0.717, 1.165) is 39.1 Å². The maximum absolute atomic E-state index is 6.13. The van der Waals surface area contributed by atoms with Crippen LogP contribution in [0.25, 0.3) is 11.3 Å². The maximum Gasteiger partial charge on any atom is 0.207 e. The van der Waals surface area contributed by atoms with E-state index in [0.29, 0.717) is 0 Å². The number of aromatic nitrogens is 1. The van der Waals surface area contributed by atoms with Crippen molar-refractivity contribution in [1.82, 2.24) is 4.98 Å². The molecule has 1 aromatic heterocycles. The molecule has 5 heteroatoms. The molecule has 30 heavy (non-hydrogen) atoms. The van der Waals surface area contributed by atoms with Crippen LogP contribution in [0.4, 0.5) is 5.13 Å². The van der Waals surface area contributed by atoms with Gasteiger partial charge in [0.25, 0.3) is 0 Å². The minimum Gasteiger partial charge on any atom is -0.231 e. The smallest absolute Gasteiger partial charge is 0.207 e. The Balaban J connectivity index is 1.53. The molecule has 0 radical (unpaired) electrons. The normalized spacial score (nSPS) is 16.0. The molecule has 0 saturated carbocycles. The van der Waals surface area contributed by atoms with Gasteiger partial charge < -0.3 is 0 Å². The summed E-state index contributed by atoms with van der Waals surface area (Å²) < 4.78 is 0. The van der Waals surface area contributed by atoms with E-state index in [2.05, 4.69) is 65.8 Å². The number of hydrogen-bond acceptors (Lipinski definition) is 4. The summed E-state index contributed by atoms with van der Waals surface area (Å²) in [5.41, 5.74) is 6.75. The molecule has 0 amide bonds. The average Bonchev–Trinajstić information content (AvgIpc) is 3.43. The first-order valence-corrected chi connectivity index (χ1v) is 11.1. The van der Waals surface area contributed by atoms with Gasteiger partial charge in [-0.3, -0.25) is 0 Å². The highest BCUT2D eigenvalue weighted by Gasteiger charge is 2.31. The molecule has 0 bridgehead atoms. The van der Waals surface area contributed by atoms with E-state index in [-0.39, 0.29) is 6.04 Å². The number of aryl methyl sites for hydroxylation is 1. The number of hydrogen-bond donors (Lipinski definition) is 0. The van der Waals surface area contributed by atoms with Crippen molar-refractivity contribution >= 4 is 33.8 Å². The number of hydrazone groups is 1. The molecule has 0 N–H and O–H groups in total. The zero-order valence-corrected chi connectivity index (χ0v) is 18.1. The standard InChI is InChI=1S/C25H20ClN3S/c1-17-7-9-19(10-8-17)22-15-24(20-11-13-21(26)14-12-20)29(28-22)25-27-23(16-30-25)18-5-3-2-4-6-18/h2-14,16,24H,15H2,1H3/t24-/m0/s1. The molecule has 0 saturated heterocycles. The highest BCUT2D eigenvalue weighted by Crippen LogP contribution is 2.39. The van der Waals surface area contributed by atoms with Crippen LogP contribution >= 0.6 is 22.9 Å². The van der Waals surface area contributed by atoms with Crippen LogP contribution in [0.1, 0.15) is 29.2 Å². The van der Waals surface area contributed by atoms with Gasteiger partial charge in [-0.15, -0.1) is 11.3 Å². The van der Waals surface area contributed by atoms with E-state index in [9.17, 15) is 0 Å². The van der Waals surface area contributed by atoms with E-state index in [1.165, 1.54) is 11.1 Å². The molecular formula is C25H20ClN3S. The Morgan fingerprint density at radius 3 is 2.37 bits per heavy atom. The van der Waals surface area contributed by atoms with Crippen molar-refractivity contribution in [3.8, 4) is 11.3 Å². The predicted molar refractivity (Wildman–Crippen MR) is 127 cm³/mol. The van der Waals surface area contributed by atoms with E-state index in [1.54, 1.807) is 11.3 Å². The van der Waals surface area contributed by atoms with Gasteiger partial charge in [0.2, 0.25) is 5.13 Å². The van der Waals surface area contributed by atoms with Crippen LogP contribution in [0.5, 0.6) is 0 Å². The Labute approximate surface area is 185 Å². The van der Waals surface area contributed by atoms with E-state index in [1.807, 2.05) is 30.3 Å². The molecule has 148 valence electrons. The SMILES string of the molecule is Cc1ccc(C2=NN(c3nc(-c4ccccc4)cs3)[C@H](c3ccc(Cl)cc3)C2)cc1. The van der Waals surface area contributed by atoms with Crippen molar-refractivity contribution in [3.63, 3.8) is 0 Å². The summed E-state index contributed by atoms with van der Waals surface area (Å²) in [5.74, 6) is 0. The first-order chi connectivity index (χ1) is 14.7. The summed E-state index contributed by atoms with van der Waals surface area (Å²) >= 11 is 7.75. The first kappa shape index (κ1) is 19.0. The monoisotopic (exact) mass is 429 g/mol. The minimum absolute atomic E-state index is 0.0911. The molecule has 0 spiro atoms. The van der Waals surface area contributed by atoms with Crippen LogP contribution in [0.2, 0.25) is 5.02 Å². The lowest BCUT2D eigenvalue weighted by atomic mass is 9.98. The summed E-state index contributed by atoms with van der Waals surface area (Å²) in [4.78, 5) is 4.91. The topological polar surface area (TPSA) is 28.5 Å². The molecule has 1 aliphatic rings. The molecule has 5 rings (SSSR count). The molecule has 0 unspecified atom stereocenters. The molecule has 1 atom stereocenters. The van der Waals surface area contributed by atoms with Crippen molar-refractivity contribution in [1.29, 1.82) is 0 Å². The fraction of sp³-hybridized carbons (Fsp3) is 0.120. The quantitative estimate of drug-likeness (QED) is 0.345. The third-order valence-corrected chi connectivity index (χ3v) is 6.39. The van der Waals surface area contributed by atoms with Crippen LogP contribution < -0.4 is 5.01 Å². The van der Waals surface area contributed by atoms with Crippen LogP contribution in [-0.2, 0) is 0 Å². The second kappa shape index (κ2) is 8.05. The lowest BCUT2D eigenvalue weighted by molar-refractivity contribution is 0.706. The van der Waals surface area contributed by atoms with Gasteiger partial charge in [-0.1, -0.05) is 83.9 Å². The summed E-state index contributed by atoms with van der Waals surface area (Å²) in [6, 6.07) is 27.0. The van der Waals surface area contributed by atoms with Crippen LogP contribution in [0.15, 0.2) is 89.3 Å². The second-order valence-electron chi connectivity index (χ2n) is 7.41. The molecule has 3 aromatic carbocycles. The molecule has 3 nitrogen and oxygen atoms in total. The van der Waals surface area contributed by atoms with Gasteiger partial charge in [-0.25, -0.2) is 9.99 Å². The Kier molecular flexibility index (Phi) is 5.11. The highest BCUT2D eigenvalue weighted by molar-refractivity contribution is 7.14. The molecule has 0 fully saturated rings. The Bertz CT molecular complexity index is 1180. The van der Waals surface area contributed by atoms with Gasteiger partial charge in [0.1, 0.15) is 0 Å². The molecule has 1 aliphatic heterocycles. The Morgan fingerprint density at radius 1 is 0.900 bits per heavy atom. The third kappa shape index (κ3) is 3.76. The van der Waals surface area contributed by atoms with Crippen LogP contribution in [-0.4, -0.2) is 10.7 Å². The fourth-order valence-electron chi connectivity index (χ4n) is 3.66. The first-order valence-electron chi connectivity index (χ1n) is 9.87. The summed E-state index contributed by atoms with van der Waals surface area (Å²) in [6.45, 7) is 2.10. The Morgan fingerprint density at radius 2 is 1.63 bits per heavy atom. The lowest BCUT2D eigenvalue weighted by Crippen LogP contribution is -2.18. The molecule has 4 aromatic rings. The van der Waals surface area contributed by atoms with E-state index in [4.69, 9.17) is 21.7 Å². The highest BCUT2D eigenvalue weighted by atomic mass is 35.5. The number of halogens is 1. The second-order valence-corrected chi connectivity index (χ2v) is 8.68. The van der Waals surface area contributed by atoms with Gasteiger partial charge in [-0.05, 0) is 30.2 Å². The van der Waals surface area contributed by atoms with Gasteiger partial charge in [0.05, 0.1) is 17.4 Å². The van der Waals surface area contributed by atoms with Crippen molar-refractivity contribution < 1.29 is 0 Å². The minimum atomic E-state index is 0.0911. The molecular weight excluding hydrogens is 410 g/mol. The van der Waals surface area contributed by atoms with E-state index >= 15 is 0 Å². The van der Waals surface area contributed by atoms with Gasteiger partial charge >= 0.3 is 0 Å². The van der Waals surface area contributed by atoms with Crippen LogP contribution in [0.3, 0.4) is 0 Å². The number of benzene rings is 3. The van der Waals surface area contributed by atoms with E-state index < -0.39 is 0 Å². The zero-order chi connectivity index (χ0) is 20.5. The van der Waals surface area contributed by atoms with Crippen molar-refractivity contribution in [2.24, 2.45) is 5.10 Å². The fourth-order valence-corrected chi connectivity index (χ4v) is 4.62. The lowest BCUT2D eigenvalue weighted by Gasteiger charge is -2.21. The molecule has 2 heterocycles. The number of rotatable bonds is 4. The number of nitrogens with zero attached hydrogens (tertiary/aromatic N) is 3. The van der Waals surface area contributed by atoms with Crippen molar-refractivity contribution in [3.05, 3.63) is 106 Å². The summed E-state index contributed by atoms with van der Waals surface area (Å²) in [6.07, 6.45) is 0.824. The molecule has 0 aliphatic carbocycles. The average molecular weight is 430 g/mol. The maximum atomic E-state index is 6.13. The van der Waals surface area contributed by atoms with Crippen molar-refractivity contribution in [2.75, 3.05) is 5.01 Å². The summed E-state index contributed by atoms with van der Waals surface area (Å²) in [5, 5.41) is 10.8. The third-order valence-electron chi connectivity index (χ3n) is 5.31. The summed E-state index contributed by atoms with van der Waals surface area (Å²) in [7, 11) is 0. The van der Waals surface area contributed by atoms with Crippen LogP contribution in [0, 0.1) is 6.92 Å². The van der Waals surface area contributed by atoms with Crippen molar-refractivity contribution in [2.45, 2.75) is 19.4 Å². The number of thiazole rings is 1. The van der Waals surface area contributed by atoms with Gasteiger partial charge in [0, 0.05) is 22.4 Å². The zero-order valence-electron chi connectivity index (χ0n) is 16.5. The van der Waals surface area contributed by atoms with Gasteiger partial charge in [0.15, 0.2) is 0 Å². The largest absolute Gasteiger partial charge is 0.231 e.